The molecule has 1 aromatic carbocycles. The number of anilines is 1. The van der Waals surface area contributed by atoms with Crippen LogP contribution >= 0.6 is 0 Å². The van der Waals surface area contributed by atoms with Gasteiger partial charge in [0.05, 0.1) is 11.3 Å². The number of halogens is 1. The zero-order chi connectivity index (χ0) is 15.6. The average molecular weight is 316 g/mol. The lowest BCUT2D eigenvalue weighted by molar-refractivity contribution is 0.0697. The summed E-state index contributed by atoms with van der Waals surface area (Å²) in [6.07, 6.45) is 2.39. The molecular formula is C13H17FN2O4S. The molecule has 0 radical (unpaired) electrons. The minimum absolute atomic E-state index is 0.198. The lowest BCUT2D eigenvalue weighted by Gasteiger charge is -2.32. The van der Waals surface area contributed by atoms with E-state index in [-0.39, 0.29) is 6.04 Å². The van der Waals surface area contributed by atoms with E-state index in [1.807, 2.05) is 0 Å². The summed E-state index contributed by atoms with van der Waals surface area (Å²) < 4.78 is 41.8. The summed E-state index contributed by atoms with van der Waals surface area (Å²) in [5, 5.41) is 9.03. The van der Waals surface area contributed by atoms with Gasteiger partial charge in [0.1, 0.15) is 5.82 Å². The first-order chi connectivity index (χ1) is 9.83. The molecule has 6 nitrogen and oxygen atoms in total. The van der Waals surface area contributed by atoms with Crippen LogP contribution in [0.3, 0.4) is 0 Å². The number of aromatic carboxylic acids is 1. The van der Waals surface area contributed by atoms with Crippen LogP contribution in [-0.4, -0.2) is 36.4 Å². The number of hydrogen-bond acceptors (Lipinski definition) is 3. The van der Waals surface area contributed by atoms with Gasteiger partial charge in [0.25, 0.3) is 0 Å². The third-order valence-electron chi connectivity index (χ3n) is 3.53. The van der Waals surface area contributed by atoms with E-state index in [1.165, 1.54) is 10.4 Å². The first kappa shape index (κ1) is 15.7. The van der Waals surface area contributed by atoms with Gasteiger partial charge in [-0.2, -0.15) is 12.7 Å². The topological polar surface area (TPSA) is 86.7 Å². The minimum atomic E-state index is -3.98. The Labute approximate surface area is 122 Å². The molecule has 1 aliphatic rings. The highest BCUT2D eigenvalue weighted by Gasteiger charge is 2.31. The molecule has 1 aliphatic heterocycles. The molecule has 1 atom stereocenters. The molecule has 0 saturated carbocycles. The Morgan fingerprint density at radius 1 is 1.43 bits per heavy atom. The van der Waals surface area contributed by atoms with Crippen LogP contribution in [0.15, 0.2) is 18.2 Å². The molecule has 1 heterocycles. The van der Waals surface area contributed by atoms with E-state index in [0.717, 1.165) is 31.4 Å². The van der Waals surface area contributed by atoms with Gasteiger partial charge in [-0.25, -0.2) is 9.18 Å². The van der Waals surface area contributed by atoms with Gasteiger partial charge in [-0.3, -0.25) is 4.72 Å². The van der Waals surface area contributed by atoms with Crippen molar-refractivity contribution in [1.29, 1.82) is 0 Å². The molecule has 0 spiro atoms. The van der Waals surface area contributed by atoms with Crippen LogP contribution < -0.4 is 4.72 Å². The third kappa shape index (κ3) is 3.33. The second-order valence-electron chi connectivity index (χ2n) is 5.03. The number of benzene rings is 1. The highest BCUT2D eigenvalue weighted by Crippen LogP contribution is 2.25. The molecular weight excluding hydrogens is 299 g/mol. The van der Waals surface area contributed by atoms with Crippen molar-refractivity contribution >= 4 is 21.9 Å². The van der Waals surface area contributed by atoms with Gasteiger partial charge in [0.15, 0.2) is 0 Å². The van der Waals surface area contributed by atoms with E-state index in [0.29, 0.717) is 6.54 Å². The van der Waals surface area contributed by atoms with E-state index in [4.69, 9.17) is 5.11 Å². The zero-order valence-corrected chi connectivity index (χ0v) is 12.4. The first-order valence-corrected chi connectivity index (χ1v) is 8.08. The Kier molecular flexibility index (Phi) is 4.48. The van der Waals surface area contributed by atoms with Crippen LogP contribution in [0.2, 0.25) is 0 Å². The number of nitrogens with one attached hydrogen (secondary N) is 1. The molecule has 8 heteroatoms. The number of carbonyl (C=O) groups is 1. The smallest absolute Gasteiger partial charge is 0.337 e. The fourth-order valence-electron chi connectivity index (χ4n) is 2.42. The summed E-state index contributed by atoms with van der Waals surface area (Å²) in [7, 11) is -3.98. The molecule has 0 amide bonds. The van der Waals surface area contributed by atoms with E-state index in [2.05, 4.69) is 4.72 Å². The third-order valence-corrected chi connectivity index (χ3v) is 5.15. The molecule has 116 valence electrons. The van der Waals surface area contributed by atoms with Crippen molar-refractivity contribution in [3.05, 3.63) is 29.6 Å². The fraction of sp³-hybridized carbons (Fsp3) is 0.462. The largest absolute Gasteiger partial charge is 0.478 e. The van der Waals surface area contributed by atoms with Gasteiger partial charge >= 0.3 is 16.2 Å². The van der Waals surface area contributed by atoms with Gasteiger partial charge in [-0.15, -0.1) is 0 Å². The Bertz CT molecular complexity index is 648. The first-order valence-electron chi connectivity index (χ1n) is 6.64. The Morgan fingerprint density at radius 3 is 2.76 bits per heavy atom. The summed E-state index contributed by atoms with van der Waals surface area (Å²) in [5.74, 6) is -2.30. The summed E-state index contributed by atoms with van der Waals surface area (Å²) in [6, 6.07) is 3.20. The second kappa shape index (κ2) is 5.98. The Morgan fingerprint density at radius 2 is 2.14 bits per heavy atom. The monoisotopic (exact) mass is 316 g/mol. The van der Waals surface area contributed by atoms with E-state index in [9.17, 15) is 17.6 Å². The van der Waals surface area contributed by atoms with Crippen molar-refractivity contribution in [1.82, 2.24) is 4.31 Å². The van der Waals surface area contributed by atoms with Crippen molar-refractivity contribution in [2.75, 3.05) is 11.3 Å². The lowest BCUT2D eigenvalue weighted by atomic mass is 10.1. The van der Waals surface area contributed by atoms with Crippen molar-refractivity contribution in [2.24, 2.45) is 0 Å². The number of hydrogen-bond donors (Lipinski definition) is 2. The van der Waals surface area contributed by atoms with Crippen LogP contribution in [0.4, 0.5) is 10.1 Å². The second-order valence-corrected chi connectivity index (χ2v) is 6.65. The molecule has 2 N–H and O–H groups in total. The predicted molar refractivity (Wildman–Crippen MR) is 75.9 cm³/mol. The van der Waals surface area contributed by atoms with E-state index >= 15 is 0 Å². The molecule has 21 heavy (non-hydrogen) atoms. The maximum atomic E-state index is 13.8. The van der Waals surface area contributed by atoms with Gasteiger partial charge in [-0.1, -0.05) is 12.5 Å². The molecule has 1 unspecified atom stereocenters. The van der Waals surface area contributed by atoms with Crippen molar-refractivity contribution < 1.29 is 22.7 Å². The molecule has 0 aliphatic carbocycles. The average Bonchev–Trinajstić information content (AvgIpc) is 2.41. The number of carboxylic acid groups (broad SMARTS) is 1. The van der Waals surface area contributed by atoms with Gasteiger partial charge in [-0.05, 0) is 31.9 Å². The maximum Gasteiger partial charge on any atom is 0.337 e. The number of piperidine rings is 1. The minimum Gasteiger partial charge on any atom is -0.478 e. The van der Waals surface area contributed by atoms with Crippen LogP contribution in [0, 0.1) is 5.82 Å². The zero-order valence-electron chi connectivity index (χ0n) is 11.5. The molecule has 2 rings (SSSR count). The summed E-state index contributed by atoms with van der Waals surface area (Å²) in [6.45, 7) is 2.12. The summed E-state index contributed by atoms with van der Waals surface area (Å²) in [4.78, 5) is 11.1. The molecule has 1 saturated heterocycles. The lowest BCUT2D eigenvalue weighted by Crippen LogP contribution is -2.45. The highest BCUT2D eigenvalue weighted by atomic mass is 32.2. The number of nitrogens with zero attached hydrogens (tertiary/aromatic N) is 1. The SMILES string of the molecule is CC1CCCCN1S(=O)(=O)Nc1c(F)cccc1C(=O)O. The summed E-state index contributed by atoms with van der Waals surface area (Å²) in [5.41, 5.74) is -0.939. The quantitative estimate of drug-likeness (QED) is 0.890. The van der Waals surface area contributed by atoms with Crippen LogP contribution in [0.1, 0.15) is 36.5 Å². The van der Waals surface area contributed by atoms with Crippen LogP contribution in [-0.2, 0) is 10.2 Å². The van der Waals surface area contributed by atoms with E-state index < -0.39 is 33.2 Å². The maximum absolute atomic E-state index is 13.8. The van der Waals surface area contributed by atoms with Crippen LogP contribution in [0.5, 0.6) is 0 Å². The predicted octanol–water partition coefficient (Wildman–Crippen LogP) is 2.05. The van der Waals surface area contributed by atoms with Crippen molar-refractivity contribution in [3.8, 4) is 0 Å². The van der Waals surface area contributed by atoms with Crippen LogP contribution in [0.25, 0.3) is 0 Å². The van der Waals surface area contributed by atoms with Gasteiger partial charge in [0, 0.05) is 12.6 Å². The molecule has 1 aromatic rings. The molecule has 0 aromatic heterocycles. The van der Waals surface area contributed by atoms with Crippen molar-refractivity contribution in [3.63, 3.8) is 0 Å². The normalized spacial score (nSPS) is 20.2. The highest BCUT2D eigenvalue weighted by molar-refractivity contribution is 7.90. The fourth-order valence-corrected chi connectivity index (χ4v) is 3.95. The van der Waals surface area contributed by atoms with Crippen molar-refractivity contribution in [2.45, 2.75) is 32.2 Å². The Balaban J connectivity index is 2.35. The van der Waals surface area contributed by atoms with Gasteiger partial charge in [0.2, 0.25) is 0 Å². The van der Waals surface area contributed by atoms with Gasteiger partial charge < -0.3 is 5.11 Å². The standard InChI is InChI=1S/C13H17FN2O4S/c1-9-5-2-3-8-16(9)21(19,20)15-12-10(13(17)18)6-4-7-11(12)14/h4,6-7,9,15H,2-3,5,8H2,1H3,(H,17,18). The Hall–Kier alpha value is -1.67. The van der Waals surface area contributed by atoms with E-state index in [1.54, 1.807) is 6.92 Å². The number of rotatable bonds is 4. The number of para-hydroxylation sites is 1. The summed E-state index contributed by atoms with van der Waals surface area (Å²) >= 11 is 0. The number of carboxylic acids is 1. The molecule has 1 fully saturated rings. The molecule has 0 bridgehead atoms.